The van der Waals surface area contributed by atoms with Crippen LogP contribution in [-0.2, 0) is 11.8 Å². The highest BCUT2D eigenvalue weighted by atomic mass is 16.5. The Labute approximate surface area is 105 Å². The molecule has 1 unspecified atom stereocenters. The van der Waals surface area contributed by atoms with E-state index in [0.717, 1.165) is 0 Å². The zero-order valence-electron chi connectivity index (χ0n) is 10.2. The van der Waals surface area contributed by atoms with Crippen LogP contribution in [0.25, 0.3) is 0 Å². The lowest BCUT2D eigenvalue weighted by Gasteiger charge is -2.13. The summed E-state index contributed by atoms with van der Waals surface area (Å²) < 4.78 is 7.11. The fourth-order valence-electron chi connectivity index (χ4n) is 1.36. The van der Waals surface area contributed by atoms with Crippen LogP contribution in [0.3, 0.4) is 0 Å². The van der Waals surface area contributed by atoms with Gasteiger partial charge in [-0.2, -0.15) is 0 Å². The number of nitrogens with zero attached hydrogens (tertiary/aromatic N) is 3. The first kappa shape index (κ1) is 12.1. The van der Waals surface area contributed by atoms with Gasteiger partial charge < -0.3 is 9.30 Å². The molecule has 18 heavy (non-hydrogen) atoms. The molecule has 0 aliphatic rings. The van der Waals surface area contributed by atoms with E-state index in [1.807, 2.05) is 18.2 Å². The highest BCUT2D eigenvalue weighted by Gasteiger charge is 2.16. The lowest BCUT2D eigenvalue weighted by molar-refractivity contribution is -0.122. The molecule has 0 saturated carbocycles. The first-order valence-corrected chi connectivity index (χ1v) is 5.53. The summed E-state index contributed by atoms with van der Waals surface area (Å²) in [5, 5.41) is 10.1. The van der Waals surface area contributed by atoms with Crippen LogP contribution in [0.2, 0.25) is 0 Å². The molecule has 1 aromatic heterocycles. The minimum absolute atomic E-state index is 0.269. The van der Waals surface area contributed by atoms with Crippen LogP contribution in [0.5, 0.6) is 5.75 Å². The van der Waals surface area contributed by atoms with Crippen LogP contribution in [0.4, 0.5) is 5.95 Å². The number of aryl methyl sites for hydroxylation is 1. The zero-order chi connectivity index (χ0) is 13.0. The van der Waals surface area contributed by atoms with Gasteiger partial charge in [0.2, 0.25) is 5.95 Å². The molecule has 0 spiro atoms. The molecule has 0 radical (unpaired) electrons. The van der Waals surface area contributed by atoms with Crippen LogP contribution >= 0.6 is 0 Å². The first-order valence-electron chi connectivity index (χ1n) is 5.53. The minimum Gasteiger partial charge on any atom is -0.481 e. The number of carbonyl (C=O) groups is 1. The fraction of sp³-hybridized carbons (Fsp3) is 0.250. The Hall–Kier alpha value is -2.37. The second kappa shape index (κ2) is 5.31. The monoisotopic (exact) mass is 246 g/mol. The number of hydrogen-bond donors (Lipinski definition) is 1. The van der Waals surface area contributed by atoms with Crippen molar-refractivity contribution in [3.8, 4) is 5.75 Å². The van der Waals surface area contributed by atoms with Gasteiger partial charge in [0.05, 0.1) is 0 Å². The molecule has 2 aromatic rings. The Morgan fingerprint density at radius 1 is 1.39 bits per heavy atom. The number of anilines is 1. The maximum absolute atomic E-state index is 11.8. The van der Waals surface area contributed by atoms with Crippen molar-refractivity contribution in [3.05, 3.63) is 36.7 Å². The number of carbonyl (C=O) groups excluding carboxylic acids is 1. The van der Waals surface area contributed by atoms with E-state index in [1.54, 1.807) is 30.7 Å². The number of aromatic nitrogens is 3. The van der Waals surface area contributed by atoms with Crippen molar-refractivity contribution in [1.82, 2.24) is 14.8 Å². The summed E-state index contributed by atoms with van der Waals surface area (Å²) in [6.45, 7) is 1.68. The van der Waals surface area contributed by atoms with E-state index in [-0.39, 0.29) is 5.91 Å². The van der Waals surface area contributed by atoms with E-state index in [9.17, 15) is 4.79 Å². The van der Waals surface area contributed by atoms with Crippen molar-refractivity contribution >= 4 is 11.9 Å². The number of benzene rings is 1. The number of amides is 1. The van der Waals surface area contributed by atoms with Crippen molar-refractivity contribution in [2.75, 3.05) is 5.32 Å². The average Bonchev–Trinajstić information content (AvgIpc) is 2.76. The third kappa shape index (κ3) is 2.85. The lowest BCUT2D eigenvalue weighted by atomic mass is 10.3. The summed E-state index contributed by atoms with van der Waals surface area (Å²) in [7, 11) is 1.75. The smallest absolute Gasteiger partial charge is 0.267 e. The van der Waals surface area contributed by atoms with Crippen molar-refractivity contribution in [2.24, 2.45) is 7.05 Å². The summed E-state index contributed by atoms with van der Waals surface area (Å²) in [4.78, 5) is 11.8. The number of rotatable bonds is 4. The Morgan fingerprint density at radius 2 is 2.11 bits per heavy atom. The molecule has 6 nitrogen and oxygen atoms in total. The molecule has 0 saturated heterocycles. The molecule has 0 aliphatic heterocycles. The van der Waals surface area contributed by atoms with Crippen molar-refractivity contribution in [1.29, 1.82) is 0 Å². The quantitative estimate of drug-likeness (QED) is 0.880. The maximum Gasteiger partial charge on any atom is 0.267 e. The molecule has 0 fully saturated rings. The van der Waals surface area contributed by atoms with Crippen LogP contribution in [0, 0.1) is 0 Å². The fourth-order valence-corrected chi connectivity index (χ4v) is 1.36. The van der Waals surface area contributed by atoms with Gasteiger partial charge in [0.25, 0.3) is 5.91 Å². The molecule has 1 heterocycles. The Balaban J connectivity index is 1.95. The second-order valence-corrected chi connectivity index (χ2v) is 3.83. The van der Waals surface area contributed by atoms with Crippen LogP contribution in [0.15, 0.2) is 36.7 Å². The van der Waals surface area contributed by atoms with Gasteiger partial charge >= 0.3 is 0 Å². The van der Waals surface area contributed by atoms with Crippen molar-refractivity contribution < 1.29 is 9.53 Å². The van der Waals surface area contributed by atoms with Crippen molar-refractivity contribution in [3.63, 3.8) is 0 Å². The predicted molar refractivity (Wildman–Crippen MR) is 66.2 cm³/mol. The van der Waals surface area contributed by atoms with E-state index in [4.69, 9.17) is 4.74 Å². The number of nitrogens with one attached hydrogen (secondary N) is 1. The normalized spacial score (nSPS) is 11.9. The summed E-state index contributed by atoms with van der Waals surface area (Å²) >= 11 is 0. The largest absolute Gasteiger partial charge is 0.481 e. The summed E-state index contributed by atoms with van der Waals surface area (Å²) in [6.07, 6.45) is 0.905. The van der Waals surface area contributed by atoms with E-state index in [0.29, 0.717) is 11.7 Å². The number of para-hydroxylation sites is 1. The van der Waals surface area contributed by atoms with Crippen LogP contribution in [0.1, 0.15) is 6.92 Å². The Bertz CT molecular complexity index is 524. The van der Waals surface area contributed by atoms with Gasteiger partial charge in [-0.1, -0.05) is 18.2 Å². The minimum atomic E-state index is -0.607. The number of ether oxygens (including phenoxy) is 1. The van der Waals surface area contributed by atoms with Gasteiger partial charge in [0.1, 0.15) is 12.1 Å². The lowest BCUT2D eigenvalue weighted by Crippen LogP contribution is -2.31. The molecule has 1 N–H and O–H groups in total. The molecule has 94 valence electrons. The van der Waals surface area contributed by atoms with Gasteiger partial charge in [-0.05, 0) is 19.1 Å². The predicted octanol–water partition coefficient (Wildman–Crippen LogP) is 1.22. The van der Waals surface area contributed by atoms with Gasteiger partial charge in [-0.25, -0.2) is 0 Å². The second-order valence-electron chi connectivity index (χ2n) is 3.83. The van der Waals surface area contributed by atoms with E-state index < -0.39 is 6.10 Å². The van der Waals surface area contributed by atoms with Gasteiger partial charge in [0.15, 0.2) is 6.10 Å². The highest BCUT2D eigenvalue weighted by Crippen LogP contribution is 2.11. The van der Waals surface area contributed by atoms with Crippen LogP contribution < -0.4 is 10.1 Å². The van der Waals surface area contributed by atoms with Gasteiger partial charge in [-0.3, -0.25) is 10.1 Å². The molecule has 2 rings (SSSR count). The summed E-state index contributed by atoms with van der Waals surface area (Å²) in [5.74, 6) is 0.775. The van der Waals surface area contributed by atoms with Gasteiger partial charge in [0, 0.05) is 7.05 Å². The number of hydrogen-bond acceptors (Lipinski definition) is 4. The average molecular weight is 246 g/mol. The van der Waals surface area contributed by atoms with E-state index in [2.05, 4.69) is 15.5 Å². The van der Waals surface area contributed by atoms with E-state index >= 15 is 0 Å². The molecule has 1 atom stereocenters. The molecule has 0 bridgehead atoms. The third-order valence-corrected chi connectivity index (χ3v) is 2.37. The highest BCUT2D eigenvalue weighted by molar-refractivity contribution is 5.92. The third-order valence-electron chi connectivity index (χ3n) is 2.37. The first-order chi connectivity index (χ1) is 8.66. The molecule has 1 amide bonds. The maximum atomic E-state index is 11.8. The Morgan fingerprint density at radius 3 is 2.72 bits per heavy atom. The zero-order valence-corrected chi connectivity index (χ0v) is 10.2. The molecular weight excluding hydrogens is 232 g/mol. The Kier molecular flexibility index (Phi) is 3.57. The topological polar surface area (TPSA) is 69.0 Å². The van der Waals surface area contributed by atoms with E-state index in [1.165, 1.54) is 6.33 Å². The van der Waals surface area contributed by atoms with Gasteiger partial charge in [-0.15, -0.1) is 10.2 Å². The van der Waals surface area contributed by atoms with Crippen molar-refractivity contribution in [2.45, 2.75) is 13.0 Å². The SMILES string of the molecule is CC(Oc1ccccc1)C(=O)Nc1nncn1C. The summed E-state index contributed by atoms with van der Waals surface area (Å²) in [6, 6.07) is 9.18. The molecule has 1 aromatic carbocycles. The molecular formula is C12H14N4O2. The molecule has 0 aliphatic carbocycles. The standard InChI is InChI=1S/C12H14N4O2/c1-9(18-10-6-4-3-5-7-10)11(17)14-12-15-13-8-16(12)2/h3-9H,1-2H3,(H,14,15,17). The van der Waals surface area contributed by atoms with Crippen LogP contribution in [-0.4, -0.2) is 26.8 Å². The summed E-state index contributed by atoms with van der Waals surface area (Å²) in [5.41, 5.74) is 0. The molecule has 6 heteroatoms.